The van der Waals surface area contributed by atoms with Gasteiger partial charge in [-0.15, -0.1) is 0 Å². The second-order valence-electron chi connectivity index (χ2n) is 7.13. The Bertz CT molecular complexity index is 1240. The van der Waals surface area contributed by atoms with E-state index in [2.05, 4.69) is 15.2 Å². The van der Waals surface area contributed by atoms with E-state index in [1.54, 1.807) is 41.6 Å². The van der Waals surface area contributed by atoms with Crippen LogP contribution in [0, 0.1) is 0 Å². The molecule has 30 heavy (non-hydrogen) atoms. The number of nitrogens with one attached hydrogen (secondary N) is 1. The Morgan fingerprint density at radius 3 is 2.73 bits per heavy atom. The first kappa shape index (κ1) is 18.4. The smallest absolute Gasteiger partial charge is 0.273 e. The molecule has 7 heteroatoms. The van der Waals surface area contributed by atoms with Crippen LogP contribution in [0.1, 0.15) is 33.2 Å². The first-order valence-electron chi connectivity index (χ1n) is 9.45. The second kappa shape index (κ2) is 7.31. The largest absolute Gasteiger partial charge is 0.507 e. The van der Waals surface area contributed by atoms with Crippen molar-refractivity contribution in [1.29, 1.82) is 0 Å². The highest BCUT2D eigenvalue weighted by Crippen LogP contribution is 2.45. The van der Waals surface area contributed by atoms with Gasteiger partial charge in [-0.2, -0.15) is 5.10 Å². The van der Waals surface area contributed by atoms with Crippen molar-refractivity contribution in [1.82, 2.24) is 20.1 Å². The third kappa shape index (κ3) is 3.02. The molecule has 0 aliphatic carbocycles. The zero-order valence-electron chi connectivity index (χ0n) is 15.8. The number of pyridine rings is 1. The molecule has 1 aliphatic heterocycles. The number of amides is 1. The number of aromatic amines is 1. The van der Waals surface area contributed by atoms with Crippen molar-refractivity contribution in [3.63, 3.8) is 0 Å². The predicted octanol–water partition coefficient (Wildman–Crippen LogP) is 4.58. The van der Waals surface area contributed by atoms with Crippen LogP contribution >= 0.6 is 11.6 Å². The summed E-state index contributed by atoms with van der Waals surface area (Å²) in [6.07, 6.45) is 3.45. The van der Waals surface area contributed by atoms with Crippen LogP contribution in [0.15, 0.2) is 73.1 Å². The molecule has 0 saturated heterocycles. The minimum absolute atomic E-state index is 0.106. The van der Waals surface area contributed by atoms with Crippen LogP contribution in [0.4, 0.5) is 0 Å². The molecule has 148 valence electrons. The Morgan fingerprint density at radius 1 is 1.10 bits per heavy atom. The number of benzene rings is 2. The van der Waals surface area contributed by atoms with Crippen LogP contribution < -0.4 is 0 Å². The molecule has 2 aromatic carbocycles. The number of halogens is 1. The van der Waals surface area contributed by atoms with E-state index in [0.29, 0.717) is 28.5 Å². The number of H-pyrrole nitrogens is 1. The number of fused-ring (bicyclic) bond motifs is 1. The summed E-state index contributed by atoms with van der Waals surface area (Å²) >= 11 is 6.27. The number of aromatic hydroxyl groups is 1. The molecule has 1 atom stereocenters. The fourth-order valence-electron chi connectivity index (χ4n) is 3.95. The quantitative estimate of drug-likeness (QED) is 0.510. The van der Waals surface area contributed by atoms with Gasteiger partial charge in [0, 0.05) is 35.1 Å². The monoisotopic (exact) mass is 416 g/mol. The van der Waals surface area contributed by atoms with Crippen LogP contribution in [0.2, 0.25) is 5.02 Å². The van der Waals surface area contributed by atoms with Gasteiger partial charge in [0.05, 0.1) is 6.04 Å². The van der Waals surface area contributed by atoms with Gasteiger partial charge in [-0.25, -0.2) is 0 Å². The summed E-state index contributed by atoms with van der Waals surface area (Å²) in [6, 6.07) is 17.8. The normalized spacial score (nSPS) is 15.4. The average Bonchev–Trinajstić information content (AvgIpc) is 3.29. The van der Waals surface area contributed by atoms with Crippen molar-refractivity contribution >= 4 is 17.5 Å². The SMILES string of the molecule is O=C1c2[nH]nc(-c3ccccc3O)c2[C@@H](c2cccc(Cl)c2)N1Cc1cccnc1. The molecule has 0 bridgehead atoms. The summed E-state index contributed by atoms with van der Waals surface area (Å²) in [5.41, 5.74) is 4.06. The minimum atomic E-state index is -0.403. The Labute approximate surface area is 177 Å². The van der Waals surface area contributed by atoms with Gasteiger partial charge in [-0.05, 0) is 41.5 Å². The molecular formula is C23H17ClN4O2. The highest BCUT2D eigenvalue weighted by Gasteiger charge is 2.42. The van der Waals surface area contributed by atoms with Crippen LogP contribution in [0.25, 0.3) is 11.3 Å². The number of carbonyl (C=O) groups excluding carboxylic acids is 1. The van der Waals surface area contributed by atoms with Gasteiger partial charge in [-0.1, -0.05) is 41.9 Å². The van der Waals surface area contributed by atoms with E-state index in [1.807, 2.05) is 36.4 Å². The van der Waals surface area contributed by atoms with Gasteiger partial charge < -0.3 is 10.0 Å². The van der Waals surface area contributed by atoms with E-state index in [-0.39, 0.29) is 11.7 Å². The summed E-state index contributed by atoms with van der Waals surface area (Å²) in [6.45, 7) is 0.382. The first-order valence-corrected chi connectivity index (χ1v) is 9.83. The number of hydrogen-bond donors (Lipinski definition) is 2. The van der Waals surface area contributed by atoms with E-state index in [0.717, 1.165) is 16.7 Å². The molecular weight excluding hydrogens is 400 g/mol. The fourth-order valence-corrected chi connectivity index (χ4v) is 4.15. The predicted molar refractivity (Wildman–Crippen MR) is 113 cm³/mol. The standard InChI is InChI=1S/C23H17ClN4O2/c24-16-7-3-6-15(11-16)22-19-20(17-8-1-2-9-18(17)29)26-27-21(19)23(30)28(22)13-14-5-4-10-25-12-14/h1-12,22,29H,13H2,(H,26,27)/t22-/m1/s1. The zero-order chi connectivity index (χ0) is 20.7. The van der Waals surface area contributed by atoms with Crippen molar-refractivity contribution in [2.24, 2.45) is 0 Å². The second-order valence-corrected chi connectivity index (χ2v) is 7.57. The summed E-state index contributed by atoms with van der Waals surface area (Å²) in [4.78, 5) is 19.3. The number of nitrogens with zero attached hydrogens (tertiary/aromatic N) is 3. The molecule has 2 aromatic heterocycles. The topological polar surface area (TPSA) is 82.1 Å². The maximum atomic E-state index is 13.3. The summed E-state index contributed by atoms with van der Waals surface area (Å²) < 4.78 is 0. The lowest BCUT2D eigenvalue weighted by atomic mass is 9.95. The lowest BCUT2D eigenvalue weighted by Crippen LogP contribution is -2.29. The van der Waals surface area contributed by atoms with Gasteiger partial charge >= 0.3 is 0 Å². The molecule has 4 aromatic rings. The maximum Gasteiger partial charge on any atom is 0.273 e. The number of hydrogen-bond acceptors (Lipinski definition) is 4. The number of phenols is 1. The van der Waals surface area contributed by atoms with Gasteiger partial charge in [0.1, 0.15) is 17.1 Å². The number of para-hydroxylation sites is 1. The number of aromatic nitrogens is 3. The molecule has 2 N–H and O–H groups in total. The van der Waals surface area contributed by atoms with Gasteiger partial charge in [0.2, 0.25) is 0 Å². The Kier molecular flexibility index (Phi) is 4.48. The van der Waals surface area contributed by atoms with Crippen molar-refractivity contribution in [3.8, 4) is 17.0 Å². The first-order chi connectivity index (χ1) is 14.6. The van der Waals surface area contributed by atoms with E-state index in [9.17, 15) is 9.90 Å². The molecule has 0 saturated carbocycles. The summed E-state index contributed by atoms with van der Waals surface area (Å²) in [5, 5.41) is 18.3. The van der Waals surface area contributed by atoms with E-state index in [4.69, 9.17) is 11.6 Å². The van der Waals surface area contributed by atoms with Crippen LogP contribution in [0.3, 0.4) is 0 Å². The van der Waals surface area contributed by atoms with Crippen molar-refractivity contribution < 1.29 is 9.90 Å². The lowest BCUT2D eigenvalue weighted by molar-refractivity contribution is 0.0730. The number of rotatable bonds is 4. The van der Waals surface area contributed by atoms with E-state index in [1.165, 1.54) is 0 Å². The third-order valence-electron chi connectivity index (χ3n) is 5.26. The van der Waals surface area contributed by atoms with Crippen molar-refractivity contribution in [2.45, 2.75) is 12.6 Å². The number of phenolic OH excluding ortho intramolecular Hbond substituents is 1. The van der Waals surface area contributed by atoms with Gasteiger partial charge in [0.25, 0.3) is 5.91 Å². The Balaban J connectivity index is 1.68. The molecule has 0 unspecified atom stereocenters. The lowest BCUT2D eigenvalue weighted by Gasteiger charge is -2.26. The molecule has 5 rings (SSSR count). The summed E-state index contributed by atoms with van der Waals surface area (Å²) in [7, 11) is 0. The number of carbonyl (C=O) groups is 1. The molecule has 6 nitrogen and oxygen atoms in total. The Hall–Kier alpha value is -3.64. The average molecular weight is 417 g/mol. The van der Waals surface area contributed by atoms with E-state index >= 15 is 0 Å². The maximum absolute atomic E-state index is 13.3. The van der Waals surface area contributed by atoms with Crippen molar-refractivity contribution in [2.75, 3.05) is 0 Å². The highest BCUT2D eigenvalue weighted by atomic mass is 35.5. The molecule has 1 amide bonds. The van der Waals surface area contributed by atoms with Crippen LogP contribution in [-0.2, 0) is 6.54 Å². The minimum Gasteiger partial charge on any atom is -0.507 e. The third-order valence-corrected chi connectivity index (χ3v) is 5.50. The molecule has 0 spiro atoms. The molecule has 0 fully saturated rings. The molecule has 0 radical (unpaired) electrons. The fraction of sp³-hybridized carbons (Fsp3) is 0.0870. The summed E-state index contributed by atoms with van der Waals surface area (Å²) in [5.74, 6) is -0.0530. The van der Waals surface area contributed by atoms with Crippen molar-refractivity contribution in [3.05, 3.63) is 100 Å². The highest BCUT2D eigenvalue weighted by molar-refractivity contribution is 6.30. The Morgan fingerprint density at radius 2 is 1.97 bits per heavy atom. The van der Waals surface area contributed by atoms with Crippen LogP contribution in [0.5, 0.6) is 5.75 Å². The van der Waals surface area contributed by atoms with Gasteiger partial charge in [0.15, 0.2) is 0 Å². The van der Waals surface area contributed by atoms with Gasteiger partial charge in [-0.3, -0.25) is 14.9 Å². The molecule has 3 heterocycles. The molecule has 1 aliphatic rings. The van der Waals surface area contributed by atoms with E-state index < -0.39 is 6.04 Å². The van der Waals surface area contributed by atoms with Crippen LogP contribution in [-0.4, -0.2) is 31.1 Å². The zero-order valence-corrected chi connectivity index (χ0v) is 16.5.